The van der Waals surface area contributed by atoms with Crippen LogP contribution in [0.15, 0.2) is 24.3 Å². The van der Waals surface area contributed by atoms with Crippen molar-refractivity contribution in [3.63, 3.8) is 0 Å². The second-order valence-electron chi connectivity index (χ2n) is 8.24. The number of hydrogen-bond donors (Lipinski definition) is 1. The first-order chi connectivity index (χ1) is 14.9. The highest BCUT2D eigenvalue weighted by molar-refractivity contribution is 7.74. The third-order valence-corrected chi connectivity index (χ3v) is 5.45. The van der Waals surface area contributed by atoms with Crippen molar-refractivity contribution in [2.75, 3.05) is 19.8 Å². The first kappa shape index (κ1) is 28.0. The average molecular weight is 459 g/mol. The van der Waals surface area contributed by atoms with Gasteiger partial charge in [0.1, 0.15) is 12.4 Å². The maximum atomic E-state index is 10.6. The maximum absolute atomic E-state index is 10.6. The summed E-state index contributed by atoms with van der Waals surface area (Å²) < 4.78 is 41.1. The lowest BCUT2D eigenvalue weighted by molar-refractivity contribution is -0.0563. The van der Waals surface area contributed by atoms with Gasteiger partial charge in [0.2, 0.25) is 0 Å². The normalized spacial score (nSPS) is 15.4. The molecule has 4 unspecified atom stereocenters. The van der Waals surface area contributed by atoms with Crippen molar-refractivity contribution in [1.82, 2.24) is 0 Å². The molecule has 0 aliphatic heterocycles. The van der Waals surface area contributed by atoms with Crippen LogP contribution in [0.4, 0.5) is 0 Å². The van der Waals surface area contributed by atoms with Crippen LogP contribution >= 0.6 is 0 Å². The van der Waals surface area contributed by atoms with Crippen LogP contribution in [0.25, 0.3) is 0 Å². The van der Waals surface area contributed by atoms with Crippen molar-refractivity contribution in [3.8, 4) is 5.75 Å². The SMILES string of the molecule is CCCCCCCCCc1ccc(OCC(C)OCC(C)OCC(C)OS(=O)O)cc1. The topological polar surface area (TPSA) is 74.2 Å². The van der Waals surface area contributed by atoms with E-state index in [1.165, 1.54) is 50.5 Å². The molecular formula is C24H42O6S. The predicted molar refractivity (Wildman–Crippen MR) is 126 cm³/mol. The van der Waals surface area contributed by atoms with E-state index in [2.05, 4.69) is 19.1 Å². The van der Waals surface area contributed by atoms with Crippen molar-refractivity contribution >= 4 is 11.4 Å². The van der Waals surface area contributed by atoms with Crippen LogP contribution in [-0.2, 0) is 31.4 Å². The van der Waals surface area contributed by atoms with Crippen LogP contribution in [0, 0.1) is 0 Å². The zero-order chi connectivity index (χ0) is 22.9. The Bertz CT molecular complexity index is 580. The molecule has 0 aromatic heterocycles. The highest BCUT2D eigenvalue weighted by Crippen LogP contribution is 2.16. The lowest BCUT2D eigenvalue weighted by atomic mass is 10.0. The standard InChI is InChI=1S/C24H42O6S/c1-5-6-7-8-9-10-11-12-23-13-15-24(16-14-23)29-18-21(3)27-17-20(2)28-19-22(4)30-31(25)26/h13-16,20-22H,5-12,17-19H2,1-4H3,(H,25,26). The van der Waals surface area contributed by atoms with Gasteiger partial charge in [-0.2, -0.15) is 4.21 Å². The van der Waals surface area contributed by atoms with E-state index in [0.29, 0.717) is 13.2 Å². The molecule has 1 N–H and O–H groups in total. The van der Waals surface area contributed by atoms with Gasteiger partial charge in [0, 0.05) is 0 Å². The van der Waals surface area contributed by atoms with E-state index in [1.807, 2.05) is 26.0 Å². The molecule has 0 saturated heterocycles. The molecule has 0 fully saturated rings. The van der Waals surface area contributed by atoms with Crippen LogP contribution in [0.1, 0.15) is 78.2 Å². The molecule has 6 nitrogen and oxygen atoms in total. The Kier molecular flexibility index (Phi) is 15.9. The minimum atomic E-state index is -2.28. The smallest absolute Gasteiger partial charge is 0.302 e. The van der Waals surface area contributed by atoms with E-state index >= 15 is 0 Å². The van der Waals surface area contributed by atoms with Gasteiger partial charge >= 0.3 is 11.4 Å². The molecule has 0 saturated carbocycles. The highest BCUT2D eigenvalue weighted by Gasteiger charge is 2.12. The summed E-state index contributed by atoms with van der Waals surface area (Å²) in [5.41, 5.74) is 1.36. The second-order valence-corrected chi connectivity index (χ2v) is 8.86. The Morgan fingerprint density at radius 1 is 0.806 bits per heavy atom. The lowest BCUT2D eigenvalue weighted by Crippen LogP contribution is -2.27. The van der Waals surface area contributed by atoms with Gasteiger partial charge < -0.3 is 14.2 Å². The van der Waals surface area contributed by atoms with Gasteiger partial charge in [0.15, 0.2) is 0 Å². The van der Waals surface area contributed by atoms with Crippen LogP contribution in [0.3, 0.4) is 0 Å². The van der Waals surface area contributed by atoms with Crippen LogP contribution in [-0.4, -0.2) is 46.9 Å². The average Bonchev–Trinajstić information content (AvgIpc) is 2.74. The summed E-state index contributed by atoms with van der Waals surface area (Å²) in [5.74, 6) is 0.853. The summed E-state index contributed by atoms with van der Waals surface area (Å²) >= 11 is -2.28. The summed E-state index contributed by atoms with van der Waals surface area (Å²) in [6.45, 7) is 8.89. The first-order valence-electron chi connectivity index (χ1n) is 11.6. The van der Waals surface area contributed by atoms with Crippen LogP contribution < -0.4 is 4.74 Å². The van der Waals surface area contributed by atoms with Gasteiger partial charge in [0.05, 0.1) is 31.5 Å². The number of unbranched alkanes of at least 4 members (excludes halogenated alkanes) is 6. The third-order valence-electron chi connectivity index (χ3n) is 4.95. The molecule has 1 rings (SSSR count). The molecule has 1 aromatic rings. The molecule has 4 atom stereocenters. The van der Waals surface area contributed by atoms with Crippen molar-refractivity contribution in [1.29, 1.82) is 0 Å². The van der Waals surface area contributed by atoms with E-state index in [9.17, 15) is 4.21 Å². The zero-order valence-electron chi connectivity index (χ0n) is 19.7. The van der Waals surface area contributed by atoms with Crippen molar-refractivity contribution in [2.24, 2.45) is 0 Å². The molecule has 0 aliphatic carbocycles. The van der Waals surface area contributed by atoms with E-state index < -0.39 is 17.5 Å². The Morgan fingerprint density at radius 2 is 1.35 bits per heavy atom. The number of ether oxygens (including phenoxy) is 3. The molecule has 0 bridgehead atoms. The number of benzene rings is 1. The van der Waals surface area contributed by atoms with Gasteiger partial charge in [-0.05, 0) is 51.3 Å². The lowest BCUT2D eigenvalue weighted by Gasteiger charge is -2.19. The molecule has 31 heavy (non-hydrogen) atoms. The summed E-state index contributed by atoms with van der Waals surface area (Å²) in [4.78, 5) is 0. The van der Waals surface area contributed by atoms with Crippen LogP contribution in [0.2, 0.25) is 0 Å². The zero-order valence-corrected chi connectivity index (χ0v) is 20.5. The van der Waals surface area contributed by atoms with Gasteiger partial charge in [0.25, 0.3) is 0 Å². The molecule has 0 amide bonds. The van der Waals surface area contributed by atoms with Crippen molar-refractivity contribution in [2.45, 2.75) is 97.4 Å². The molecule has 1 aromatic carbocycles. The van der Waals surface area contributed by atoms with E-state index in [-0.39, 0.29) is 18.8 Å². The van der Waals surface area contributed by atoms with Crippen molar-refractivity contribution in [3.05, 3.63) is 29.8 Å². The number of hydrogen-bond acceptors (Lipinski definition) is 5. The fourth-order valence-corrected chi connectivity index (χ4v) is 3.45. The Morgan fingerprint density at radius 3 is 1.97 bits per heavy atom. The van der Waals surface area contributed by atoms with Crippen molar-refractivity contribution < 1.29 is 27.2 Å². The summed E-state index contributed by atoms with van der Waals surface area (Å²) in [6, 6.07) is 8.36. The minimum Gasteiger partial charge on any atom is -0.491 e. The molecule has 0 heterocycles. The quantitative estimate of drug-likeness (QED) is 0.211. The van der Waals surface area contributed by atoms with Gasteiger partial charge in [-0.25, -0.2) is 0 Å². The highest BCUT2D eigenvalue weighted by atomic mass is 32.2. The largest absolute Gasteiger partial charge is 0.491 e. The number of rotatable bonds is 19. The van der Waals surface area contributed by atoms with E-state index in [1.54, 1.807) is 6.92 Å². The maximum Gasteiger partial charge on any atom is 0.302 e. The fourth-order valence-electron chi connectivity index (χ4n) is 3.12. The Hall–Kier alpha value is -0.990. The molecular weight excluding hydrogens is 416 g/mol. The van der Waals surface area contributed by atoms with Gasteiger partial charge in [-0.3, -0.25) is 8.74 Å². The van der Waals surface area contributed by atoms with Gasteiger partial charge in [-0.1, -0.05) is 57.6 Å². The van der Waals surface area contributed by atoms with E-state index in [0.717, 1.165) is 12.2 Å². The molecule has 0 radical (unpaired) electrons. The molecule has 0 aliphatic rings. The summed E-state index contributed by atoms with van der Waals surface area (Å²) in [5, 5.41) is 0. The molecule has 7 heteroatoms. The van der Waals surface area contributed by atoms with Gasteiger partial charge in [-0.15, -0.1) is 0 Å². The molecule has 180 valence electrons. The monoisotopic (exact) mass is 458 g/mol. The summed E-state index contributed by atoms with van der Waals surface area (Å²) in [6.07, 6.45) is 9.77. The Balaban J connectivity index is 2.14. The first-order valence-corrected chi connectivity index (χ1v) is 12.7. The van der Waals surface area contributed by atoms with Crippen LogP contribution in [0.5, 0.6) is 5.75 Å². The number of aryl methyl sites for hydroxylation is 1. The summed E-state index contributed by atoms with van der Waals surface area (Å²) in [7, 11) is 0. The molecule has 0 spiro atoms. The van der Waals surface area contributed by atoms with E-state index in [4.69, 9.17) is 22.9 Å². The minimum absolute atomic E-state index is 0.0722. The second kappa shape index (κ2) is 17.6. The fraction of sp³-hybridized carbons (Fsp3) is 0.750. The third kappa shape index (κ3) is 15.5. The Labute approximate surface area is 191 Å². The predicted octanol–water partition coefficient (Wildman–Crippen LogP) is 5.71.